The lowest BCUT2D eigenvalue weighted by Crippen LogP contribution is -2.03. The number of hydrogen-bond donors (Lipinski definition) is 2. The van der Waals surface area contributed by atoms with Crippen LogP contribution in [0.3, 0.4) is 0 Å². The molecule has 5 heteroatoms. The number of nitrogen functional groups attached to an aromatic ring is 1. The Labute approximate surface area is 80.8 Å². The second-order valence-corrected chi connectivity index (χ2v) is 2.91. The van der Waals surface area contributed by atoms with Gasteiger partial charge >= 0.3 is 0 Å². The molecular weight excluding hydrogens is 180 g/mol. The molecule has 0 radical (unpaired) electrons. The fourth-order valence-corrected chi connectivity index (χ4v) is 1.17. The first-order valence-corrected chi connectivity index (χ1v) is 4.17. The fourth-order valence-electron chi connectivity index (χ4n) is 1.17. The first-order chi connectivity index (χ1) is 6.75. The number of nitrogens with two attached hydrogens (primary N) is 1. The SMILES string of the molecule is Nc1ccn(Cc2ncccc2O)n1. The van der Waals surface area contributed by atoms with Gasteiger partial charge in [0.05, 0.1) is 6.54 Å². The van der Waals surface area contributed by atoms with Crippen molar-refractivity contribution >= 4 is 5.82 Å². The van der Waals surface area contributed by atoms with Crippen LogP contribution in [0.25, 0.3) is 0 Å². The highest BCUT2D eigenvalue weighted by atomic mass is 16.3. The van der Waals surface area contributed by atoms with Gasteiger partial charge in [-0.1, -0.05) is 0 Å². The molecule has 5 nitrogen and oxygen atoms in total. The molecule has 0 aliphatic rings. The molecule has 0 aromatic carbocycles. The second kappa shape index (κ2) is 3.37. The number of rotatable bonds is 2. The molecule has 0 bridgehead atoms. The van der Waals surface area contributed by atoms with E-state index in [0.29, 0.717) is 18.1 Å². The predicted octanol–water partition coefficient (Wildman–Crippen LogP) is 0.614. The van der Waals surface area contributed by atoms with Crippen LogP contribution in [0, 0.1) is 0 Å². The van der Waals surface area contributed by atoms with E-state index in [1.54, 1.807) is 35.3 Å². The van der Waals surface area contributed by atoms with Crippen LogP contribution in [-0.2, 0) is 6.54 Å². The van der Waals surface area contributed by atoms with Gasteiger partial charge in [-0.05, 0) is 18.2 Å². The van der Waals surface area contributed by atoms with Crippen LogP contribution in [0.4, 0.5) is 5.82 Å². The summed E-state index contributed by atoms with van der Waals surface area (Å²) in [6.45, 7) is 0.421. The third-order valence-corrected chi connectivity index (χ3v) is 1.84. The van der Waals surface area contributed by atoms with Crippen LogP contribution in [0.2, 0.25) is 0 Å². The van der Waals surface area contributed by atoms with Crippen molar-refractivity contribution in [2.75, 3.05) is 5.73 Å². The van der Waals surface area contributed by atoms with Crippen molar-refractivity contribution in [1.82, 2.24) is 14.8 Å². The summed E-state index contributed by atoms with van der Waals surface area (Å²) in [7, 11) is 0. The maximum absolute atomic E-state index is 9.44. The van der Waals surface area contributed by atoms with Crippen LogP contribution in [-0.4, -0.2) is 19.9 Å². The van der Waals surface area contributed by atoms with E-state index in [0.717, 1.165) is 0 Å². The van der Waals surface area contributed by atoms with E-state index in [-0.39, 0.29) is 5.75 Å². The van der Waals surface area contributed by atoms with E-state index in [9.17, 15) is 5.11 Å². The summed E-state index contributed by atoms with van der Waals surface area (Å²) in [5, 5.41) is 13.4. The van der Waals surface area contributed by atoms with E-state index in [4.69, 9.17) is 5.73 Å². The Morgan fingerprint density at radius 2 is 2.29 bits per heavy atom. The Bertz CT molecular complexity index is 438. The maximum atomic E-state index is 9.44. The minimum absolute atomic E-state index is 0.168. The summed E-state index contributed by atoms with van der Waals surface area (Å²) in [4.78, 5) is 4.03. The first-order valence-electron chi connectivity index (χ1n) is 4.17. The topological polar surface area (TPSA) is 77.0 Å². The Balaban J connectivity index is 2.23. The predicted molar refractivity (Wildman–Crippen MR) is 51.6 cm³/mol. The first kappa shape index (κ1) is 8.55. The molecule has 2 aromatic heterocycles. The van der Waals surface area contributed by atoms with Crippen LogP contribution in [0.5, 0.6) is 5.75 Å². The van der Waals surface area contributed by atoms with Crippen molar-refractivity contribution in [3.05, 3.63) is 36.3 Å². The largest absolute Gasteiger partial charge is 0.506 e. The summed E-state index contributed by atoms with van der Waals surface area (Å²) in [6, 6.07) is 4.96. The van der Waals surface area contributed by atoms with Gasteiger partial charge in [-0.15, -0.1) is 0 Å². The molecule has 0 unspecified atom stereocenters. The van der Waals surface area contributed by atoms with Gasteiger partial charge in [0.15, 0.2) is 0 Å². The third-order valence-electron chi connectivity index (χ3n) is 1.84. The zero-order valence-electron chi connectivity index (χ0n) is 7.46. The van der Waals surface area contributed by atoms with Gasteiger partial charge in [-0.3, -0.25) is 9.67 Å². The fraction of sp³-hybridized carbons (Fsp3) is 0.111. The van der Waals surface area contributed by atoms with Crippen molar-refractivity contribution in [2.45, 2.75) is 6.54 Å². The third kappa shape index (κ3) is 1.66. The van der Waals surface area contributed by atoms with Crippen molar-refractivity contribution < 1.29 is 5.11 Å². The quantitative estimate of drug-likeness (QED) is 0.727. The van der Waals surface area contributed by atoms with Crippen LogP contribution >= 0.6 is 0 Å². The standard InChI is InChI=1S/C9H10N4O/c10-9-3-5-13(12-9)6-7-8(14)2-1-4-11-7/h1-5,14H,6H2,(H2,10,12). The molecule has 0 fully saturated rings. The lowest BCUT2D eigenvalue weighted by molar-refractivity contribution is 0.459. The molecular formula is C9H10N4O. The minimum atomic E-state index is 0.168. The molecule has 2 heterocycles. The van der Waals surface area contributed by atoms with E-state index in [2.05, 4.69) is 10.1 Å². The molecule has 0 aliphatic heterocycles. The van der Waals surface area contributed by atoms with Crippen molar-refractivity contribution in [1.29, 1.82) is 0 Å². The number of nitrogens with zero attached hydrogens (tertiary/aromatic N) is 3. The zero-order valence-corrected chi connectivity index (χ0v) is 7.46. The van der Waals surface area contributed by atoms with Crippen molar-refractivity contribution in [3.63, 3.8) is 0 Å². The number of pyridine rings is 1. The smallest absolute Gasteiger partial charge is 0.145 e. The number of aromatic hydroxyl groups is 1. The molecule has 0 saturated heterocycles. The second-order valence-electron chi connectivity index (χ2n) is 2.91. The highest BCUT2D eigenvalue weighted by Crippen LogP contribution is 2.13. The van der Waals surface area contributed by atoms with Crippen LogP contribution in [0.15, 0.2) is 30.6 Å². The van der Waals surface area contributed by atoms with Gasteiger partial charge in [0.1, 0.15) is 17.3 Å². The van der Waals surface area contributed by atoms with Gasteiger partial charge in [0, 0.05) is 12.4 Å². The molecule has 0 aliphatic carbocycles. The average Bonchev–Trinajstić information content (AvgIpc) is 2.56. The molecule has 0 amide bonds. The van der Waals surface area contributed by atoms with Gasteiger partial charge in [-0.25, -0.2) is 0 Å². The van der Waals surface area contributed by atoms with Gasteiger partial charge in [0.25, 0.3) is 0 Å². The van der Waals surface area contributed by atoms with Crippen molar-refractivity contribution in [3.8, 4) is 5.75 Å². The van der Waals surface area contributed by atoms with Crippen molar-refractivity contribution in [2.24, 2.45) is 0 Å². The molecule has 0 atom stereocenters. The summed E-state index contributed by atoms with van der Waals surface area (Å²) in [6.07, 6.45) is 3.37. The Morgan fingerprint density at radius 3 is 2.93 bits per heavy atom. The van der Waals surface area contributed by atoms with Gasteiger partial charge in [-0.2, -0.15) is 5.10 Å². The summed E-state index contributed by atoms with van der Waals surface area (Å²) in [5.74, 6) is 0.627. The highest BCUT2D eigenvalue weighted by molar-refractivity contribution is 5.27. The van der Waals surface area contributed by atoms with Crippen LogP contribution < -0.4 is 5.73 Å². The van der Waals surface area contributed by atoms with Gasteiger partial charge in [0.2, 0.25) is 0 Å². The molecule has 14 heavy (non-hydrogen) atoms. The average molecular weight is 190 g/mol. The number of aromatic nitrogens is 3. The molecule has 0 saturated carbocycles. The summed E-state index contributed by atoms with van der Waals surface area (Å²) < 4.78 is 1.62. The Kier molecular flexibility index (Phi) is 2.06. The highest BCUT2D eigenvalue weighted by Gasteiger charge is 2.02. The number of hydrogen-bond acceptors (Lipinski definition) is 4. The van der Waals surface area contributed by atoms with E-state index in [1.165, 1.54) is 0 Å². The lowest BCUT2D eigenvalue weighted by atomic mass is 10.3. The number of anilines is 1. The lowest BCUT2D eigenvalue weighted by Gasteiger charge is -2.02. The van der Waals surface area contributed by atoms with E-state index >= 15 is 0 Å². The molecule has 2 rings (SSSR count). The monoisotopic (exact) mass is 190 g/mol. The molecule has 72 valence electrons. The molecule has 2 aromatic rings. The summed E-state index contributed by atoms with van der Waals surface area (Å²) >= 11 is 0. The minimum Gasteiger partial charge on any atom is -0.506 e. The van der Waals surface area contributed by atoms with Gasteiger partial charge < -0.3 is 10.8 Å². The Morgan fingerprint density at radius 1 is 1.43 bits per heavy atom. The Hall–Kier alpha value is -2.04. The normalized spacial score (nSPS) is 10.3. The molecule has 0 spiro atoms. The van der Waals surface area contributed by atoms with Crippen LogP contribution in [0.1, 0.15) is 5.69 Å². The molecule has 3 N–H and O–H groups in total. The zero-order chi connectivity index (χ0) is 9.97. The van der Waals surface area contributed by atoms with E-state index in [1.807, 2.05) is 0 Å². The maximum Gasteiger partial charge on any atom is 0.145 e. The summed E-state index contributed by atoms with van der Waals surface area (Å²) in [5.41, 5.74) is 6.03. The van der Waals surface area contributed by atoms with E-state index < -0.39 is 0 Å².